The van der Waals surface area contributed by atoms with Crippen molar-refractivity contribution in [2.75, 3.05) is 5.73 Å². The molecule has 100 valence electrons. The Morgan fingerprint density at radius 2 is 1.90 bits per heavy atom. The molecule has 3 rings (SSSR count). The third-order valence-corrected chi connectivity index (χ3v) is 3.88. The van der Waals surface area contributed by atoms with E-state index in [0.717, 1.165) is 31.6 Å². The largest absolute Gasteiger partial charge is 0.398 e. The van der Waals surface area contributed by atoms with Crippen LogP contribution in [-0.2, 0) is 0 Å². The molecule has 4 nitrogen and oxygen atoms in total. The quantitative estimate of drug-likeness (QED) is 0.668. The van der Waals surface area contributed by atoms with Crippen LogP contribution in [0.1, 0.15) is 0 Å². The first-order valence-corrected chi connectivity index (χ1v) is 7.45. The van der Waals surface area contributed by atoms with Crippen LogP contribution in [-0.4, -0.2) is 14.8 Å². The van der Waals surface area contributed by atoms with Crippen LogP contribution in [0.3, 0.4) is 0 Å². The number of hydrogen-bond donors (Lipinski definition) is 1. The molecule has 3 aromatic rings. The van der Waals surface area contributed by atoms with Crippen molar-refractivity contribution >= 4 is 37.5 Å². The van der Waals surface area contributed by atoms with E-state index in [2.05, 4.69) is 41.9 Å². The van der Waals surface area contributed by atoms with E-state index in [4.69, 9.17) is 5.73 Å². The highest BCUT2D eigenvalue weighted by Gasteiger charge is 2.09. The normalized spacial score (nSPS) is 10.7. The molecule has 0 amide bonds. The molecule has 0 saturated carbocycles. The Hall–Kier alpha value is -1.66. The number of aromatic nitrogens is 3. The fourth-order valence-electron chi connectivity index (χ4n) is 1.91. The fourth-order valence-corrected chi connectivity index (χ4v) is 3.08. The van der Waals surface area contributed by atoms with Gasteiger partial charge in [-0.05, 0) is 44.0 Å². The first-order valence-electron chi connectivity index (χ1n) is 5.86. The van der Waals surface area contributed by atoms with Crippen molar-refractivity contribution in [2.45, 2.75) is 0 Å². The maximum atomic E-state index is 5.98. The Bertz CT molecular complexity index is 767. The first kappa shape index (κ1) is 13.3. The molecule has 2 N–H and O–H groups in total. The van der Waals surface area contributed by atoms with Crippen molar-refractivity contribution in [1.82, 2.24) is 14.8 Å². The number of nitrogen functional groups attached to an aromatic ring is 1. The Morgan fingerprint density at radius 3 is 2.65 bits per heavy atom. The second-order valence-corrected chi connectivity index (χ2v) is 5.99. The minimum absolute atomic E-state index is 0.731. The van der Waals surface area contributed by atoms with Crippen LogP contribution >= 0.6 is 31.9 Å². The van der Waals surface area contributed by atoms with E-state index >= 15 is 0 Å². The second kappa shape index (κ2) is 5.38. The molecular weight excluding hydrogens is 384 g/mol. The summed E-state index contributed by atoms with van der Waals surface area (Å²) in [5, 5.41) is 4.35. The lowest BCUT2D eigenvalue weighted by molar-refractivity contribution is 0.841. The number of benzene rings is 1. The van der Waals surface area contributed by atoms with Gasteiger partial charge < -0.3 is 5.73 Å². The number of hydrogen-bond acceptors (Lipinski definition) is 3. The molecule has 6 heteroatoms. The van der Waals surface area contributed by atoms with Gasteiger partial charge in [-0.3, -0.25) is 0 Å². The van der Waals surface area contributed by atoms with E-state index in [1.165, 1.54) is 0 Å². The van der Waals surface area contributed by atoms with Crippen LogP contribution in [0.25, 0.3) is 16.9 Å². The summed E-state index contributed by atoms with van der Waals surface area (Å²) in [5.41, 5.74) is 8.64. The van der Waals surface area contributed by atoms with E-state index in [1.54, 1.807) is 17.1 Å². The molecular formula is C14H10Br2N4. The van der Waals surface area contributed by atoms with E-state index in [0.29, 0.717) is 0 Å². The lowest BCUT2D eigenvalue weighted by Gasteiger charge is -2.04. The summed E-state index contributed by atoms with van der Waals surface area (Å²) in [6.07, 6.45) is 5.42. The summed E-state index contributed by atoms with van der Waals surface area (Å²) in [6, 6.07) is 9.65. The molecule has 0 radical (unpaired) electrons. The zero-order valence-corrected chi connectivity index (χ0v) is 13.5. The molecule has 0 aliphatic heterocycles. The molecule has 0 aliphatic carbocycles. The molecule has 0 atom stereocenters. The van der Waals surface area contributed by atoms with Crippen molar-refractivity contribution in [3.05, 3.63) is 57.9 Å². The minimum Gasteiger partial charge on any atom is -0.398 e. The smallest absolute Gasteiger partial charge is 0.167 e. The number of para-hydroxylation sites is 1. The van der Waals surface area contributed by atoms with E-state index in [1.807, 2.05) is 36.5 Å². The Kier molecular flexibility index (Phi) is 3.58. The highest BCUT2D eigenvalue weighted by atomic mass is 79.9. The molecule has 2 heterocycles. The molecule has 0 spiro atoms. The van der Waals surface area contributed by atoms with Crippen molar-refractivity contribution < 1.29 is 0 Å². The van der Waals surface area contributed by atoms with E-state index in [-0.39, 0.29) is 0 Å². The van der Waals surface area contributed by atoms with Gasteiger partial charge in [0.25, 0.3) is 0 Å². The summed E-state index contributed by atoms with van der Waals surface area (Å²) in [7, 11) is 0. The molecule has 1 aromatic carbocycles. The molecule has 0 bridgehead atoms. The molecule has 2 aromatic heterocycles. The number of nitrogens with two attached hydrogens (primary N) is 1. The summed E-state index contributed by atoms with van der Waals surface area (Å²) in [4.78, 5) is 4.35. The van der Waals surface area contributed by atoms with Gasteiger partial charge in [0, 0.05) is 33.7 Å². The average Bonchev–Trinajstić information content (AvgIpc) is 2.88. The van der Waals surface area contributed by atoms with Gasteiger partial charge >= 0.3 is 0 Å². The maximum absolute atomic E-state index is 5.98. The van der Waals surface area contributed by atoms with Gasteiger partial charge in [-0.1, -0.05) is 18.2 Å². The van der Waals surface area contributed by atoms with Crippen LogP contribution in [0.15, 0.2) is 57.9 Å². The monoisotopic (exact) mass is 392 g/mol. The molecule has 0 saturated heterocycles. The molecule has 20 heavy (non-hydrogen) atoms. The molecule has 0 aliphatic rings. The highest BCUT2D eigenvalue weighted by Crippen LogP contribution is 2.27. The topological polar surface area (TPSA) is 56.7 Å². The SMILES string of the molecule is Nc1ccccc1-c1cnn(-c2ncc(Br)cc2Br)c1. The number of anilines is 1. The van der Waals surface area contributed by atoms with Gasteiger partial charge in [-0.15, -0.1) is 0 Å². The van der Waals surface area contributed by atoms with Gasteiger partial charge in [-0.25, -0.2) is 9.67 Å². The maximum Gasteiger partial charge on any atom is 0.167 e. The Morgan fingerprint density at radius 1 is 1.10 bits per heavy atom. The Labute approximate surface area is 132 Å². The second-order valence-electron chi connectivity index (χ2n) is 4.22. The van der Waals surface area contributed by atoms with Crippen molar-refractivity contribution in [1.29, 1.82) is 0 Å². The number of rotatable bonds is 2. The van der Waals surface area contributed by atoms with E-state index in [9.17, 15) is 0 Å². The van der Waals surface area contributed by atoms with Crippen LogP contribution in [0, 0.1) is 0 Å². The van der Waals surface area contributed by atoms with Crippen LogP contribution < -0.4 is 5.73 Å². The van der Waals surface area contributed by atoms with Crippen LogP contribution in [0.5, 0.6) is 0 Å². The summed E-state index contributed by atoms with van der Waals surface area (Å²) >= 11 is 6.87. The summed E-state index contributed by atoms with van der Waals surface area (Å²) < 4.78 is 3.49. The zero-order valence-electron chi connectivity index (χ0n) is 10.3. The standard InChI is InChI=1S/C14H10Br2N4/c15-10-5-12(16)14(18-7-10)20-8-9(6-19-20)11-3-1-2-4-13(11)17/h1-8H,17H2. The number of halogens is 2. The predicted molar refractivity (Wildman–Crippen MR) is 86.6 cm³/mol. The van der Waals surface area contributed by atoms with Gasteiger partial charge in [-0.2, -0.15) is 5.10 Å². The van der Waals surface area contributed by atoms with Crippen molar-refractivity contribution in [3.8, 4) is 16.9 Å². The predicted octanol–water partition coefficient (Wildman–Crippen LogP) is 4.04. The lowest BCUT2D eigenvalue weighted by atomic mass is 10.1. The average molecular weight is 394 g/mol. The van der Waals surface area contributed by atoms with Crippen molar-refractivity contribution in [3.63, 3.8) is 0 Å². The van der Waals surface area contributed by atoms with Crippen LogP contribution in [0.4, 0.5) is 5.69 Å². The van der Waals surface area contributed by atoms with Gasteiger partial charge in [0.15, 0.2) is 5.82 Å². The van der Waals surface area contributed by atoms with Gasteiger partial charge in [0.2, 0.25) is 0 Å². The van der Waals surface area contributed by atoms with Gasteiger partial charge in [0.1, 0.15) is 0 Å². The third-order valence-electron chi connectivity index (χ3n) is 2.86. The fraction of sp³-hybridized carbons (Fsp3) is 0. The number of nitrogens with zero attached hydrogens (tertiary/aromatic N) is 3. The molecule has 0 unspecified atom stereocenters. The first-order chi connectivity index (χ1) is 9.65. The van der Waals surface area contributed by atoms with E-state index < -0.39 is 0 Å². The van der Waals surface area contributed by atoms with Crippen molar-refractivity contribution in [2.24, 2.45) is 0 Å². The molecule has 0 fully saturated rings. The minimum atomic E-state index is 0.731. The van der Waals surface area contributed by atoms with Crippen LogP contribution in [0.2, 0.25) is 0 Å². The Balaban J connectivity index is 2.04. The van der Waals surface area contributed by atoms with Gasteiger partial charge in [0.05, 0.1) is 10.7 Å². The summed E-state index contributed by atoms with van der Waals surface area (Å²) in [5.74, 6) is 0.731. The highest BCUT2D eigenvalue weighted by molar-refractivity contribution is 9.11. The third kappa shape index (κ3) is 2.48. The zero-order chi connectivity index (χ0) is 14.1. The summed E-state index contributed by atoms with van der Waals surface area (Å²) in [6.45, 7) is 0. The lowest BCUT2D eigenvalue weighted by Crippen LogP contribution is -1.98. The number of pyridine rings is 1.